The zero-order valence-corrected chi connectivity index (χ0v) is 53.2. The summed E-state index contributed by atoms with van der Waals surface area (Å²) in [5, 5.41) is 24.0. The van der Waals surface area contributed by atoms with Crippen molar-refractivity contribution in [1.82, 2.24) is 0 Å². The number of aliphatic hydroxyl groups excluding tert-OH is 1. The largest absolute Gasteiger partial charge is 1.00 e. The Labute approximate surface area is 515 Å². The van der Waals surface area contributed by atoms with Crippen LogP contribution in [0.4, 0.5) is 0 Å². The van der Waals surface area contributed by atoms with Crippen molar-refractivity contribution in [1.29, 1.82) is 0 Å². The van der Waals surface area contributed by atoms with Gasteiger partial charge in [0.15, 0.2) is 0 Å². The van der Waals surface area contributed by atoms with Crippen molar-refractivity contribution in [3.05, 3.63) is 49.1 Å². The van der Waals surface area contributed by atoms with Crippen molar-refractivity contribution in [3.8, 4) is 0 Å². The standard InChI is InChI=1S/C55H82O21S2.2Na/c1-10-11-28(2)12-15-51(5,57)50-30(4)20-39-38(71-50)26-46-55(9,74-39)49(56)48-42(70-46)24-41-47(72-48)29(3)13-16-53(7)44(69-41)27-43-54(8,76-53)17-14-31-32(68-43)21-34-33(65-31)22-35-36(66-34)23-40-37(67-35)25-45(75-78(61,62)63)52(6,73-40)18-19-64-77(58,59)60;;/h10,12,15,29,31-50,56-57H,1-2,4,11,13-14,16-27H2,3,5-9H3,(H,58,59,60)(H,61,62,63);;/q;2*+1/p-2/b15-12+;;/t29-,31+,32-,33-,34+,35+,36-,37-,38-,39+,40+,41+,42-,43+,44-,45+,46+,47-,48-,49-,50+,51-,52-,53+,54-,55+;;/m1../s1. The first-order chi connectivity index (χ1) is 36.5. The van der Waals surface area contributed by atoms with E-state index in [1.54, 1.807) is 25.2 Å². The third kappa shape index (κ3) is 12.9. The van der Waals surface area contributed by atoms with Crippen LogP contribution in [0.5, 0.6) is 0 Å². The van der Waals surface area contributed by atoms with Crippen LogP contribution in [-0.4, -0.2) is 193 Å². The molecule has 0 bridgehead atoms. The number of aliphatic hydroxyl groups is 2. The van der Waals surface area contributed by atoms with Gasteiger partial charge in [0.1, 0.15) is 35.6 Å². The molecule has 0 amide bonds. The summed E-state index contributed by atoms with van der Waals surface area (Å²) < 4.78 is 154. The number of ether oxygens (including phenoxy) is 11. The molecule has 0 aromatic heterocycles. The van der Waals surface area contributed by atoms with E-state index >= 15 is 0 Å². The maximum atomic E-state index is 12.3. The fraction of sp³-hybridized carbons (Fsp3) is 0.855. The van der Waals surface area contributed by atoms with Gasteiger partial charge in [0.25, 0.3) is 0 Å². The molecule has 80 heavy (non-hydrogen) atoms. The molecule has 0 aromatic carbocycles. The Morgan fingerprint density at radius 2 is 1.25 bits per heavy atom. The molecule has 0 spiro atoms. The van der Waals surface area contributed by atoms with Crippen molar-refractivity contribution in [2.75, 3.05) is 6.61 Å². The second kappa shape index (κ2) is 23.9. The van der Waals surface area contributed by atoms with Crippen LogP contribution in [0.25, 0.3) is 0 Å². The predicted octanol–water partition coefficient (Wildman–Crippen LogP) is -1.62. The van der Waals surface area contributed by atoms with Gasteiger partial charge in [0, 0.05) is 51.4 Å². The zero-order chi connectivity index (χ0) is 55.7. The molecule has 11 heterocycles. The molecule has 11 rings (SSSR count). The fourth-order valence-corrected chi connectivity index (χ4v) is 16.1. The molecule has 11 saturated heterocycles. The van der Waals surface area contributed by atoms with Gasteiger partial charge in [-0.15, -0.1) is 6.58 Å². The Bertz CT molecular complexity index is 2560. The minimum atomic E-state index is -5.21. The minimum Gasteiger partial charge on any atom is -0.726 e. The van der Waals surface area contributed by atoms with E-state index in [0.717, 1.165) is 12.0 Å². The summed E-state index contributed by atoms with van der Waals surface area (Å²) >= 11 is 0. The van der Waals surface area contributed by atoms with Crippen molar-refractivity contribution in [2.45, 2.75) is 282 Å². The van der Waals surface area contributed by atoms with Crippen LogP contribution >= 0.6 is 0 Å². The first kappa shape index (κ1) is 64.6. The summed E-state index contributed by atoms with van der Waals surface area (Å²) in [4.78, 5) is 0. The third-order valence-electron chi connectivity index (χ3n) is 19.6. The van der Waals surface area contributed by atoms with E-state index in [0.29, 0.717) is 76.2 Å². The average Bonchev–Trinajstić information content (AvgIpc) is 3.62. The quantitative estimate of drug-likeness (QED) is 0.0774. The van der Waals surface area contributed by atoms with E-state index in [4.69, 9.17) is 56.3 Å². The monoisotopic (exact) mass is 1190 g/mol. The molecule has 11 aliphatic rings. The Hall–Kier alpha value is 0.180. The van der Waals surface area contributed by atoms with Crippen LogP contribution in [0.1, 0.15) is 131 Å². The molecule has 440 valence electrons. The van der Waals surface area contributed by atoms with Crippen molar-refractivity contribution < 1.29 is 156 Å². The number of fused-ring (bicyclic) bond motifs is 10. The molecule has 0 unspecified atom stereocenters. The normalized spacial score (nSPS) is 49.7. The second-order valence-electron chi connectivity index (χ2n) is 25.5. The Morgan fingerprint density at radius 3 is 1.89 bits per heavy atom. The summed E-state index contributed by atoms with van der Waals surface area (Å²) in [6.07, 6.45) is 1.21. The van der Waals surface area contributed by atoms with E-state index in [1.807, 2.05) is 6.92 Å². The van der Waals surface area contributed by atoms with Gasteiger partial charge in [-0.2, -0.15) is 0 Å². The molecule has 0 aromatic rings. The SMILES string of the molecule is C=CCC(=C)/C=C/[C@@](C)(O)[C@H]1O[C@@H]2C[C@@H]3O[C@@H]4C[C@@H]5O[C@@H]6C[C@@H]7O[C@@H]8C[C@@H]9O[C@@H]%10C[C@@H]%11O[C@](C)(CCOS(=O)(=O)[O-])[C@@H](OS(=O)(=O)[O-])C[C@H]%11O[C@H]%10C[C@H]9O[C@H]8CC[C@@]7(C)O[C@@]6(C)CC[C@@H](C)[C@H]5O[C@H]4[C@@H](O)[C@@]3(C)O[C@H]2CC1=C.[Na+].[Na+]. The molecular formula is C55H80Na2O21S2. The molecule has 25 heteroatoms. The third-order valence-corrected chi connectivity index (χ3v) is 20.5. The van der Waals surface area contributed by atoms with E-state index in [-0.39, 0.29) is 127 Å². The number of allylic oxidation sites excluding steroid dienone is 3. The Kier molecular flexibility index (Phi) is 19.3. The van der Waals surface area contributed by atoms with Gasteiger partial charge >= 0.3 is 59.1 Å². The van der Waals surface area contributed by atoms with Gasteiger partial charge in [-0.1, -0.05) is 43.9 Å². The van der Waals surface area contributed by atoms with Gasteiger partial charge in [0.2, 0.25) is 20.8 Å². The summed E-state index contributed by atoms with van der Waals surface area (Å²) in [7, 11) is -10.3. The van der Waals surface area contributed by atoms with Gasteiger partial charge in [-0.05, 0) is 84.6 Å². The molecule has 11 aliphatic heterocycles. The maximum Gasteiger partial charge on any atom is 1.00 e. The van der Waals surface area contributed by atoms with E-state index in [2.05, 4.69) is 44.7 Å². The molecule has 0 radical (unpaired) electrons. The summed E-state index contributed by atoms with van der Waals surface area (Å²) in [5.41, 5.74) is -3.80. The van der Waals surface area contributed by atoms with Crippen LogP contribution < -0.4 is 59.1 Å². The molecule has 0 aliphatic carbocycles. The maximum absolute atomic E-state index is 12.3. The Balaban J connectivity index is 0.00000387. The van der Waals surface area contributed by atoms with Gasteiger partial charge in [-0.3, -0.25) is 8.37 Å². The smallest absolute Gasteiger partial charge is 0.726 e. The van der Waals surface area contributed by atoms with Crippen LogP contribution in [0.3, 0.4) is 0 Å². The molecule has 26 atom stereocenters. The van der Waals surface area contributed by atoms with E-state index < -0.39 is 129 Å². The van der Waals surface area contributed by atoms with Crippen LogP contribution in [-0.2, 0) is 81.3 Å². The summed E-state index contributed by atoms with van der Waals surface area (Å²) in [5.74, 6) is 0.0619. The van der Waals surface area contributed by atoms with Gasteiger partial charge < -0.3 is 71.4 Å². The fourth-order valence-electron chi connectivity index (χ4n) is 15.3. The van der Waals surface area contributed by atoms with Gasteiger partial charge in [-0.25, -0.2) is 16.8 Å². The first-order valence-electron chi connectivity index (χ1n) is 28.1. The molecule has 0 saturated carbocycles. The van der Waals surface area contributed by atoms with Crippen molar-refractivity contribution >= 4 is 20.8 Å². The topological polar surface area (TPSA) is 275 Å². The number of hydrogen-bond acceptors (Lipinski definition) is 21. The minimum absolute atomic E-state index is 0. The van der Waals surface area contributed by atoms with E-state index in [9.17, 15) is 36.2 Å². The second-order valence-corrected chi connectivity index (χ2v) is 27.5. The molecule has 21 nitrogen and oxygen atoms in total. The van der Waals surface area contributed by atoms with Crippen molar-refractivity contribution in [2.24, 2.45) is 5.92 Å². The molecule has 2 N–H and O–H groups in total. The first-order valence-corrected chi connectivity index (χ1v) is 30.8. The summed E-state index contributed by atoms with van der Waals surface area (Å²) in [6.45, 7) is 23.0. The van der Waals surface area contributed by atoms with Crippen molar-refractivity contribution in [3.63, 3.8) is 0 Å². The number of hydrogen-bond donors (Lipinski definition) is 2. The van der Waals surface area contributed by atoms with Crippen LogP contribution in [0, 0.1) is 5.92 Å². The van der Waals surface area contributed by atoms with Crippen LogP contribution in [0.15, 0.2) is 49.1 Å². The average molecular weight is 1190 g/mol. The van der Waals surface area contributed by atoms with Crippen LogP contribution in [0.2, 0.25) is 0 Å². The summed E-state index contributed by atoms with van der Waals surface area (Å²) in [6, 6.07) is 0. The number of rotatable bonds is 11. The predicted molar refractivity (Wildman–Crippen MR) is 272 cm³/mol. The molecule has 11 fully saturated rings. The van der Waals surface area contributed by atoms with E-state index in [1.165, 1.54) is 6.92 Å². The zero-order valence-electron chi connectivity index (χ0n) is 47.6. The molecular weight excluding hydrogens is 1110 g/mol. The Morgan fingerprint density at radius 1 is 0.700 bits per heavy atom. The van der Waals surface area contributed by atoms with Gasteiger partial charge in [0.05, 0.1) is 121 Å².